The fourth-order valence-corrected chi connectivity index (χ4v) is 0.801. The fraction of sp³-hybridized carbons (Fsp3) is 0.667. The molecule has 0 aromatic carbocycles. The van der Waals surface area contributed by atoms with Crippen LogP contribution in [0.2, 0.25) is 0 Å². The summed E-state index contributed by atoms with van der Waals surface area (Å²) >= 11 is -2.20. The molecule has 0 spiro atoms. The van der Waals surface area contributed by atoms with E-state index in [9.17, 15) is 4.21 Å². The van der Waals surface area contributed by atoms with Gasteiger partial charge in [0, 0.05) is 6.42 Å². The number of unbranched alkanes of at least 4 members (excludes halogenated alkanes) is 1. The third kappa shape index (κ3) is 5.78. The summed E-state index contributed by atoms with van der Waals surface area (Å²) in [5.74, 6) is 0.377. The van der Waals surface area contributed by atoms with Crippen molar-refractivity contribution >= 4 is 11.4 Å². The largest absolute Gasteiger partial charge is 0.385 e. The predicted octanol–water partition coefficient (Wildman–Crippen LogP) is 1.84. The van der Waals surface area contributed by atoms with E-state index in [0.29, 0.717) is 12.2 Å². The van der Waals surface area contributed by atoms with Crippen LogP contribution in [0.4, 0.5) is 0 Å². The van der Waals surface area contributed by atoms with Crippen LogP contribution in [0.5, 0.6) is 0 Å². The van der Waals surface area contributed by atoms with Crippen molar-refractivity contribution < 1.29 is 12.9 Å². The third-order valence-electron chi connectivity index (χ3n) is 0.998. The highest BCUT2D eigenvalue weighted by Gasteiger charge is 1.97. The van der Waals surface area contributed by atoms with Crippen LogP contribution >= 0.6 is 0 Å². The van der Waals surface area contributed by atoms with E-state index in [1.165, 1.54) is 0 Å². The fourth-order valence-electron chi connectivity index (χ4n) is 0.516. The quantitative estimate of drug-likeness (QED) is 0.498. The molecule has 0 aromatic rings. The lowest BCUT2D eigenvalue weighted by Crippen LogP contribution is -1.93. The van der Waals surface area contributed by atoms with E-state index < -0.39 is 11.4 Å². The molecule has 1 N–H and O–H groups in total. The lowest BCUT2D eigenvalue weighted by Gasteiger charge is -2.01. The van der Waals surface area contributed by atoms with Gasteiger partial charge in [0.1, 0.15) is 5.76 Å². The molecule has 0 aliphatic carbocycles. The summed E-state index contributed by atoms with van der Waals surface area (Å²) in [7, 11) is 0. The van der Waals surface area contributed by atoms with Gasteiger partial charge in [-0.2, -0.15) is 4.21 Å². The summed E-state index contributed by atoms with van der Waals surface area (Å²) in [4.78, 5) is 0. The molecule has 0 amide bonds. The summed E-state index contributed by atoms with van der Waals surface area (Å²) in [6.07, 6.45) is 2.62. The Morgan fingerprint density at radius 1 is 1.80 bits per heavy atom. The average Bonchev–Trinajstić information content (AvgIpc) is 1.82. The first-order chi connectivity index (χ1) is 4.66. The predicted molar refractivity (Wildman–Crippen MR) is 40.5 cm³/mol. The van der Waals surface area contributed by atoms with E-state index in [4.69, 9.17) is 4.55 Å². The van der Waals surface area contributed by atoms with Crippen molar-refractivity contribution in [2.24, 2.45) is 0 Å². The van der Waals surface area contributed by atoms with Crippen molar-refractivity contribution in [2.75, 3.05) is 0 Å². The first-order valence-corrected chi connectivity index (χ1v) is 4.17. The number of rotatable bonds is 5. The van der Waals surface area contributed by atoms with Crippen LogP contribution in [0.15, 0.2) is 12.3 Å². The van der Waals surface area contributed by atoms with Crippen LogP contribution in [0.1, 0.15) is 26.2 Å². The number of hydrogen-bond acceptors (Lipinski definition) is 2. The molecule has 0 aromatic heterocycles. The van der Waals surface area contributed by atoms with E-state index in [1.54, 1.807) is 0 Å². The molecule has 0 saturated carbocycles. The maximum atomic E-state index is 10.0. The molecule has 0 bridgehead atoms. The Morgan fingerprint density at radius 2 is 2.40 bits per heavy atom. The van der Waals surface area contributed by atoms with Gasteiger partial charge in [0.25, 0.3) is 0 Å². The van der Waals surface area contributed by atoms with Gasteiger partial charge in [0.15, 0.2) is 0 Å². The molecule has 0 aliphatic rings. The Labute approximate surface area is 63.6 Å². The highest BCUT2D eigenvalue weighted by Crippen LogP contribution is 2.06. The van der Waals surface area contributed by atoms with Gasteiger partial charge in [-0.05, 0) is 6.42 Å². The first kappa shape index (κ1) is 9.65. The van der Waals surface area contributed by atoms with Gasteiger partial charge in [-0.15, -0.1) is 0 Å². The highest BCUT2D eigenvalue weighted by atomic mass is 32.2. The monoisotopic (exact) mass is 164 g/mol. The lowest BCUT2D eigenvalue weighted by atomic mass is 10.2. The van der Waals surface area contributed by atoms with E-state index in [-0.39, 0.29) is 0 Å². The first-order valence-electron chi connectivity index (χ1n) is 3.13. The zero-order chi connectivity index (χ0) is 7.98. The molecule has 0 saturated heterocycles. The van der Waals surface area contributed by atoms with Crippen LogP contribution in [0.25, 0.3) is 0 Å². The minimum atomic E-state index is -2.20. The third-order valence-corrected chi connectivity index (χ3v) is 1.38. The summed E-state index contributed by atoms with van der Waals surface area (Å²) in [5.41, 5.74) is 0. The molecule has 10 heavy (non-hydrogen) atoms. The minimum absolute atomic E-state index is 0.377. The van der Waals surface area contributed by atoms with Crippen molar-refractivity contribution in [3.63, 3.8) is 0 Å². The van der Waals surface area contributed by atoms with E-state index >= 15 is 0 Å². The van der Waals surface area contributed by atoms with Crippen molar-refractivity contribution in [3.05, 3.63) is 12.3 Å². The van der Waals surface area contributed by atoms with Gasteiger partial charge in [-0.1, -0.05) is 19.9 Å². The van der Waals surface area contributed by atoms with E-state index in [1.807, 2.05) is 6.92 Å². The molecular formula is C6H12O3S. The molecule has 0 aliphatic heterocycles. The normalized spacial score (nSPS) is 12.6. The smallest absolute Gasteiger partial charge is 0.357 e. The van der Waals surface area contributed by atoms with E-state index in [2.05, 4.69) is 10.8 Å². The second-order valence-corrected chi connectivity index (χ2v) is 2.54. The Hall–Kier alpha value is -0.350. The SMILES string of the molecule is C=C(CCCC)OS(=O)O. The van der Waals surface area contributed by atoms with Gasteiger partial charge in [-0.25, -0.2) is 0 Å². The second kappa shape index (κ2) is 5.44. The molecule has 0 radical (unpaired) electrons. The molecule has 0 fully saturated rings. The second-order valence-electron chi connectivity index (χ2n) is 1.94. The van der Waals surface area contributed by atoms with Crippen LogP contribution in [0, 0.1) is 0 Å². The van der Waals surface area contributed by atoms with Gasteiger partial charge < -0.3 is 4.18 Å². The summed E-state index contributed by atoms with van der Waals surface area (Å²) in [6, 6.07) is 0. The number of hydrogen-bond donors (Lipinski definition) is 1. The van der Waals surface area contributed by atoms with Crippen molar-refractivity contribution in [1.29, 1.82) is 0 Å². The van der Waals surface area contributed by atoms with Crippen molar-refractivity contribution in [1.82, 2.24) is 0 Å². The molecule has 1 atom stereocenters. The maximum Gasteiger partial charge on any atom is 0.357 e. The van der Waals surface area contributed by atoms with Gasteiger partial charge in [-0.3, -0.25) is 4.55 Å². The van der Waals surface area contributed by atoms with Crippen molar-refractivity contribution in [2.45, 2.75) is 26.2 Å². The summed E-state index contributed by atoms with van der Waals surface area (Å²) < 4.78 is 22.6. The topological polar surface area (TPSA) is 46.5 Å². The van der Waals surface area contributed by atoms with Gasteiger partial charge in [0.05, 0.1) is 0 Å². The van der Waals surface area contributed by atoms with Crippen LogP contribution in [-0.4, -0.2) is 8.76 Å². The van der Waals surface area contributed by atoms with Gasteiger partial charge in [0.2, 0.25) is 0 Å². The lowest BCUT2D eigenvalue weighted by molar-refractivity contribution is 0.372. The van der Waals surface area contributed by atoms with Crippen LogP contribution in [0.3, 0.4) is 0 Å². The summed E-state index contributed by atoms with van der Waals surface area (Å²) in [6.45, 7) is 5.49. The Kier molecular flexibility index (Phi) is 5.25. The Balaban J connectivity index is 3.35. The Morgan fingerprint density at radius 3 is 2.80 bits per heavy atom. The standard InChI is InChI=1S/C6H12O3S/c1-3-4-5-6(2)9-10(7)8/h2-5H2,1H3,(H,7,8). The zero-order valence-electron chi connectivity index (χ0n) is 6.00. The maximum absolute atomic E-state index is 10.0. The minimum Gasteiger partial charge on any atom is -0.385 e. The molecule has 1 unspecified atom stereocenters. The van der Waals surface area contributed by atoms with Gasteiger partial charge >= 0.3 is 11.4 Å². The molecule has 0 heterocycles. The summed E-state index contributed by atoms with van der Waals surface area (Å²) in [5, 5.41) is 0. The molecule has 3 nitrogen and oxygen atoms in total. The van der Waals surface area contributed by atoms with Crippen molar-refractivity contribution in [3.8, 4) is 0 Å². The number of allylic oxidation sites excluding steroid dienone is 1. The van der Waals surface area contributed by atoms with Crippen LogP contribution in [-0.2, 0) is 15.5 Å². The van der Waals surface area contributed by atoms with E-state index in [0.717, 1.165) is 12.8 Å². The van der Waals surface area contributed by atoms with Crippen LogP contribution < -0.4 is 0 Å². The molecule has 60 valence electrons. The highest BCUT2D eigenvalue weighted by molar-refractivity contribution is 7.74. The average molecular weight is 164 g/mol. The molecule has 4 heteroatoms. The molecule has 0 rings (SSSR count). The Bertz CT molecular complexity index is 133. The zero-order valence-corrected chi connectivity index (χ0v) is 6.82. The molecular weight excluding hydrogens is 152 g/mol.